The van der Waals surface area contributed by atoms with Crippen molar-refractivity contribution in [2.45, 2.75) is 6.04 Å². The molecule has 6 heteroatoms. The van der Waals surface area contributed by atoms with Gasteiger partial charge in [0.25, 0.3) is 0 Å². The Morgan fingerprint density at radius 1 is 0.909 bits per heavy atom. The molecule has 6 nitrogen and oxygen atoms in total. The fourth-order valence-corrected chi connectivity index (χ4v) is 2.53. The lowest BCUT2D eigenvalue weighted by molar-refractivity contribution is 0.264. The van der Waals surface area contributed by atoms with Crippen molar-refractivity contribution in [1.82, 2.24) is 0 Å². The molecule has 0 amide bonds. The summed E-state index contributed by atoms with van der Waals surface area (Å²) >= 11 is 0. The van der Waals surface area contributed by atoms with Crippen LogP contribution in [-0.4, -0.2) is 40.2 Å². The van der Waals surface area contributed by atoms with E-state index < -0.39 is 6.04 Å². The third-order valence-electron chi connectivity index (χ3n) is 3.59. The van der Waals surface area contributed by atoms with Crippen LogP contribution in [0.2, 0.25) is 0 Å². The number of hydrogen-bond acceptors (Lipinski definition) is 6. The Morgan fingerprint density at radius 2 is 1.45 bits per heavy atom. The number of rotatable bonds is 6. The molecule has 1 atom stereocenters. The van der Waals surface area contributed by atoms with Crippen molar-refractivity contribution in [3.05, 3.63) is 23.8 Å². The van der Waals surface area contributed by atoms with Crippen LogP contribution in [0.15, 0.2) is 18.2 Å². The molecule has 0 bridgehead atoms. The molecule has 0 unspecified atom stereocenters. The summed E-state index contributed by atoms with van der Waals surface area (Å²) < 4.78 is 21.5. The summed E-state index contributed by atoms with van der Waals surface area (Å²) in [6.45, 7) is -0.215. The summed E-state index contributed by atoms with van der Waals surface area (Å²) in [5.41, 5.74) is 6.73. The summed E-state index contributed by atoms with van der Waals surface area (Å²) in [5.74, 6) is 2.23. The van der Waals surface area contributed by atoms with E-state index in [1.54, 1.807) is 21.3 Å². The number of nitrogens with two attached hydrogens (primary N) is 1. The predicted octanol–water partition coefficient (Wildman–Crippen LogP) is 1.87. The van der Waals surface area contributed by atoms with Gasteiger partial charge in [0, 0.05) is 5.56 Å². The second-order valence-corrected chi connectivity index (χ2v) is 4.74. The molecule has 0 heterocycles. The van der Waals surface area contributed by atoms with Gasteiger partial charge in [0.2, 0.25) is 0 Å². The van der Waals surface area contributed by atoms with E-state index >= 15 is 0 Å². The lowest BCUT2D eigenvalue weighted by Gasteiger charge is -2.20. The largest absolute Gasteiger partial charge is 0.493 e. The van der Waals surface area contributed by atoms with Crippen molar-refractivity contribution in [2.75, 3.05) is 35.0 Å². The van der Waals surface area contributed by atoms with E-state index in [2.05, 4.69) is 0 Å². The van der Waals surface area contributed by atoms with Gasteiger partial charge in [-0.2, -0.15) is 0 Å². The normalized spacial score (nSPS) is 12.1. The second-order valence-electron chi connectivity index (χ2n) is 4.74. The highest BCUT2D eigenvalue weighted by atomic mass is 16.5. The fraction of sp³-hybridized carbons (Fsp3) is 0.375. The minimum Gasteiger partial charge on any atom is -0.493 e. The van der Waals surface area contributed by atoms with Crippen LogP contribution in [0.1, 0.15) is 11.6 Å². The molecule has 3 N–H and O–H groups in total. The Bertz CT molecular complexity index is 666. The Balaban J connectivity index is 2.88. The minimum absolute atomic E-state index is 0.215. The molecule has 2 aromatic rings. The number of methoxy groups -OCH3 is 4. The van der Waals surface area contributed by atoms with Crippen LogP contribution in [0, 0.1) is 0 Å². The molecule has 2 aromatic carbocycles. The third kappa shape index (κ3) is 2.63. The number of ether oxygens (including phenoxy) is 4. The van der Waals surface area contributed by atoms with Gasteiger partial charge < -0.3 is 29.8 Å². The number of aliphatic hydroxyl groups is 1. The van der Waals surface area contributed by atoms with Crippen LogP contribution < -0.4 is 24.7 Å². The Labute approximate surface area is 129 Å². The van der Waals surface area contributed by atoms with Gasteiger partial charge in [0.1, 0.15) is 0 Å². The highest BCUT2D eigenvalue weighted by molar-refractivity contribution is 5.93. The predicted molar refractivity (Wildman–Crippen MR) is 84.2 cm³/mol. The smallest absolute Gasteiger partial charge is 0.166 e. The maximum absolute atomic E-state index is 9.48. The molecule has 0 saturated heterocycles. The van der Waals surface area contributed by atoms with Gasteiger partial charge in [0.15, 0.2) is 23.0 Å². The molecule has 2 rings (SSSR count). The van der Waals surface area contributed by atoms with Gasteiger partial charge >= 0.3 is 0 Å². The van der Waals surface area contributed by atoms with Crippen LogP contribution in [-0.2, 0) is 0 Å². The fourth-order valence-electron chi connectivity index (χ4n) is 2.53. The van der Waals surface area contributed by atoms with Crippen molar-refractivity contribution < 1.29 is 24.1 Å². The summed E-state index contributed by atoms with van der Waals surface area (Å²) in [4.78, 5) is 0. The molecular weight excluding hydrogens is 286 g/mol. The van der Waals surface area contributed by atoms with Crippen LogP contribution in [0.25, 0.3) is 10.8 Å². The number of hydrogen-bond donors (Lipinski definition) is 2. The quantitative estimate of drug-likeness (QED) is 0.847. The first-order valence-corrected chi connectivity index (χ1v) is 6.78. The molecule has 0 aromatic heterocycles. The molecular formula is C16H21NO5. The summed E-state index contributed by atoms with van der Waals surface area (Å²) in [5, 5.41) is 11.2. The first kappa shape index (κ1) is 16.2. The number of fused-ring (bicyclic) bond motifs is 1. The van der Waals surface area contributed by atoms with E-state index in [0.29, 0.717) is 28.6 Å². The van der Waals surface area contributed by atoms with Crippen molar-refractivity contribution in [3.8, 4) is 23.0 Å². The van der Waals surface area contributed by atoms with E-state index in [1.807, 2.05) is 18.2 Å². The maximum Gasteiger partial charge on any atom is 0.166 e. The van der Waals surface area contributed by atoms with Crippen molar-refractivity contribution >= 4 is 10.8 Å². The Hall–Kier alpha value is -2.18. The highest BCUT2D eigenvalue weighted by Crippen LogP contribution is 2.43. The molecule has 0 aliphatic rings. The topological polar surface area (TPSA) is 83.2 Å². The average molecular weight is 307 g/mol. The van der Waals surface area contributed by atoms with Gasteiger partial charge in [-0.1, -0.05) is 0 Å². The van der Waals surface area contributed by atoms with Crippen LogP contribution >= 0.6 is 0 Å². The van der Waals surface area contributed by atoms with Crippen LogP contribution in [0.3, 0.4) is 0 Å². The van der Waals surface area contributed by atoms with Crippen molar-refractivity contribution in [2.24, 2.45) is 5.73 Å². The van der Waals surface area contributed by atoms with Gasteiger partial charge in [0.05, 0.1) is 41.1 Å². The van der Waals surface area contributed by atoms with Crippen molar-refractivity contribution in [3.63, 3.8) is 0 Å². The lowest BCUT2D eigenvalue weighted by atomic mass is 9.97. The van der Waals surface area contributed by atoms with E-state index in [0.717, 1.165) is 10.8 Å². The Kier molecular flexibility index (Phi) is 4.95. The maximum atomic E-state index is 9.48. The van der Waals surface area contributed by atoms with Gasteiger partial charge in [-0.05, 0) is 29.0 Å². The highest BCUT2D eigenvalue weighted by Gasteiger charge is 2.21. The lowest BCUT2D eigenvalue weighted by Crippen LogP contribution is -2.16. The standard InChI is InChI=1S/C16H21NO5/c1-19-12-5-9-6-14(21-3)16(22-4)15(11(17)8-18)10(9)7-13(12)20-2/h5-7,11,18H,8,17H2,1-4H3/t11-/m1/s1. The first-order chi connectivity index (χ1) is 10.6. The minimum atomic E-state index is -0.606. The van der Waals surface area contributed by atoms with Crippen molar-refractivity contribution in [1.29, 1.82) is 0 Å². The number of aliphatic hydroxyl groups excluding tert-OH is 1. The van der Waals surface area contributed by atoms with E-state index in [-0.39, 0.29) is 6.61 Å². The van der Waals surface area contributed by atoms with Crippen LogP contribution in [0.5, 0.6) is 23.0 Å². The molecule has 0 saturated carbocycles. The zero-order valence-corrected chi connectivity index (χ0v) is 13.2. The molecule has 0 spiro atoms. The monoisotopic (exact) mass is 307 g/mol. The summed E-state index contributed by atoms with van der Waals surface area (Å²) in [6, 6.07) is 4.89. The average Bonchev–Trinajstić information content (AvgIpc) is 2.57. The summed E-state index contributed by atoms with van der Waals surface area (Å²) in [7, 11) is 6.23. The zero-order valence-electron chi connectivity index (χ0n) is 13.2. The number of benzene rings is 2. The van der Waals surface area contributed by atoms with Gasteiger partial charge in [-0.3, -0.25) is 0 Å². The molecule has 0 fully saturated rings. The van der Waals surface area contributed by atoms with Gasteiger partial charge in [-0.25, -0.2) is 0 Å². The second kappa shape index (κ2) is 6.72. The summed E-state index contributed by atoms with van der Waals surface area (Å²) in [6.07, 6.45) is 0. The molecule has 0 radical (unpaired) electrons. The Morgan fingerprint density at radius 3 is 1.95 bits per heavy atom. The van der Waals surface area contributed by atoms with E-state index in [1.165, 1.54) is 7.11 Å². The van der Waals surface area contributed by atoms with Crippen LogP contribution in [0.4, 0.5) is 0 Å². The molecule has 22 heavy (non-hydrogen) atoms. The zero-order chi connectivity index (χ0) is 16.3. The third-order valence-corrected chi connectivity index (χ3v) is 3.59. The molecule has 120 valence electrons. The SMILES string of the molecule is COc1cc2cc(OC)c(OC)c([C@H](N)CO)c2cc1OC. The van der Waals surface area contributed by atoms with Gasteiger partial charge in [-0.15, -0.1) is 0 Å². The molecule has 0 aliphatic heterocycles. The molecule has 0 aliphatic carbocycles. The van der Waals surface area contributed by atoms with E-state index in [4.69, 9.17) is 24.7 Å². The van der Waals surface area contributed by atoms with E-state index in [9.17, 15) is 5.11 Å². The first-order valence-electron chi connectivity index (χ1n) is 6.78.